The number of carbonyl (C=O) groups excluding carboxylic acids is 1. The molecule has 0 radical (unpaired) electrons. The predicted octanol–water partition coefficient (Wildman–Crippen LogP) is 1.21. The number of anilines is 1. The van der Waals surface area contributed by atoms with E-state index in [1.165, 1.54) is 0 Å². The summed E-state index contributed by atoms with van der Waals surface area (Å²) in [5, 5.41) is 7.12. The first-order valence-corrected chi connectivity index (χ1v) is 5.88. The molecule has 0 fully saturated rings. The fraction of sp³-hybridized carbons (Fsp3) is 0. The number of carbonyl (C=O) groups is 1. The molecule has 1 rings (SSSR count). The van der Waals surface area contributed by atoms with Gasteiger partial charge in [0.05, 0.1) is 20.6 Å². The number of halogens is 2. The zero-order chi connectivity index (χ0) is 11.6. The highest BCUT2D eigenvalue weighted by atomic mass is 35.5. The maximum absolute atomic E-state index is 11.0. The van der Waals surface area contributed by atoms with E-state index in [9.17, 15) is 13.2 Å². The normalized spacial score (nSPS) is 11.1. The Hall–Kier alpha value is -0.820. The number of hydrogen-bond donors (Lipinski definition) is 2. The van der Waals surface area contributed by atoms with Crippen LogP contribution in [0.15, 0.2) is 17.0 Å². The van der Waals surface area contributed by atoms with Crippen LogP contribution >= 0.6 is 23.2 Å². The van der Waals surface area contributed by atoms with Crippen molar-refractivity contribution < 1.29 is 13.2 Å². The molecule has 1 aromatic carbocycles. The van der Waals surface area contributed by atoms with Crippen LogP contribution in [0.2, 0.25) is 10.0 Å². The van der Waals surface area contributed by atoms with Crippen molar-refractivity contribution in [3.05, 3.63) is 22.2 Å². The van der Waals surface area contributed by atoms with Gasteiger partial charge >= 0.3 is 0 Å². The van der Waals surface area contributed by atoms with Crippen LogP contribution in [0, 0.1) is 0 Å². The molecule has 0 atom stereocenters. The Bertz CT molecular complexity index is 478. The first-order valence-electron chi connectivity index (χ1n) is 3.58. The molecule has 1 amide bonds. The molecule has 0 aliphatic heterocycles. The quantitative estimate of drug-likeness (QED) is 0.808. The summed E-state index contributed by atoms with van der Waals surface area (Å²) in [6, 6.07) is 2.21. The third kappa shape index (κ3) is 2.82. The molecule has 0 bridgehead atoms. The van der Waals surface area contributed by atoms with Gasteiger partial charge in [0, 0.05) is 0 Å². The fourth-order valence-electron chi connectivity index (χ4n) is 0.911. The van der Waals surface area contributed by atoms with Gasteiger partial charge in [0.1, 0.15) is 0 Å². The van der Waals surface area contributed by atoms with Crippen molar-refractivity contribution in [1.82, 2.24) is 0 Å². The van der Waals surface area contributed by atoms with Crippen molar-refractivity contribution in [3.8, 4) is 0 Å². The van der Waals surface area contributed by atoms with E-state index < -0.39 is 10.0 Å². The molecular formula is C7H6Cl2N2O3S. The van der Waals surface area contributed by atoms with Gasteiger partial charge in [0.2, 0.25) is 16.4 Å². The maximum atomic E-state index is 11.0. The molecule has 15 heavy (non-hydrogen) atoms. The molecule has 0 saturated heterocycles. The van der Waals surface area contributed by atoms with Crippen LogP contribution in [0.1, 0.15) is 0 Å². The maximum Gasteiger partial charge on any atom is 0.238 e. The molecule has 3 N–H and O–H groups in total. The number of nitrogens with two attached hydrogens (primary N) is 1. The smallest absolute Gasteiger partial charge is 0.238 e. The monoisotopic (exact) mass is 268 g/mol. The van der Waals surface area contributed by atoms with Gasteiger partial charge in [-0.2, -0.15) is 0 Å². The molecule has 0 aromatic heterocycles. The minimum Gasteiger partial charge on any atom is -0.326 e. The van der Waals surface area contributed by atoms with Crippen LogP contribution in [0.3, 0.4) is 0 Å². The SMILES string of the molecule is NS(=O)(=O)c1cc(Cl)c(NC=O)c(Cl)c1. The molecule has 5 nitrogen and oxygen atoms in total. The van der Waals surface area contributed by atoms with Crippen molar-refractivity contribution in [1.29, 1.82) is 0 Å². The van der Waals surface area contributed by atoms with Gasteiger partial charge in [-0.1, -0.05) is 23.2 Å². The standard InChI is InChI=1S/C7H6Cl2N2O3S/c8-5-1-4(15(10,13)14)2-6(9)7(5)11-3-12/h1-3H,(H,11,12)(H2,10,13,14). The number of primary sulfonamides is 1. The summed E-state index contributed by atoms with van der Waals surface area (Å²) in [5.74, 6) is 0. The Morgan fingerprint density at radius 1 is 1.27 bits per heavy atom. The number of hydrogen-bond acceptors (Lipinski definition) is 3. The molecule has 8 heteroatoms. The molecule has 0 aliphatic carbocycles. The fourth-order valence-corrected chi connectivity index (χ4v) is 2.20. The van der Waals surface area contributed by atoms with Gasteiger partial charge in [0.15, 0.2) is 0 Å². The first-order chi connectivity index (χ1) is 6.86. The lowest BCUT2D eigenvalue weighted by Crippen LogP contribution is -2.12. The lowest BCUT2D eigenvalue weighted by molar-refractivity contribution is -0.105. The Kier molecular flexibility index (Phi) is 3.56. The minimum absolute atomic E-state index is 0.00127. The average Bonchev–Trinajstić information content (AvgIpc) is 2.09. The van der Waals surface area contributed by atoms with E-state index in [0.29, 0.717) is 6.41 Å². The molecule has 0 unspecified atom stereocenters. The highest BCUT2D eigenvalue weighted by Crippen LogP contribution is 2.32. The third-order valence-electron chi connectivity index (χ3n) is 1.55. The Balaban J connectivity index is 3.38. The number of rotatable bonds is 3. The molecule has 0 heterocycles. The van der Waals surface area contributed by atoms with E-state index in [1.807, 2.05) is 0 Å². The molecule has 82 valence electrons. The predicted molar refractivity (Wildman–Crippen MR) is 57.5 cm³/mol. The summed E-state index contributed by atoms with van der Waals surface area (Å²) in [6.45, 7) is 0. The molecule has 0 aliphatic rings. The zero-order valence-corrected chi connectivity index (χ0v) is 9.53. The second kappa shape index (κ2) is 4.36. The summed E-state index contributed by atoms with van der Waals surface area (Å²) in [6.07, 6.45) is 0.379. The van der Waals surface area contributed by atoms with E-state index in [4.69, 9.17) is 28.3 Å². The summed E-state index contributed by atoms with van der Waals surface area (Å²) in [7, 11) is -3.86. The number of nitrogens with one attached hydrogen (secondary N) is 1. The summed E-state index contributed by atoms with van der Waals surface area (Å²) in [5.41, 5.74) is 0.140. The zero-order valence-electron chi connectivity index (χ0n) is 7.20. The molecule has 0 saturated carbocycles. The summed E-state index contributed by atoms with van der Waals surface area (Å²) in [4.78, 5) is 9.98. The molecular weight excluding hydrogens is 263 g/mol. The van der Waals surface area contributed by atoms with Gasteiger partial charge < -0.3 is 5.32 Å². The van der Waals surface area contributed by atoms with Crippen LogP contribution in [-0.2, 0) is 14.8 Å². The highest BCUT2D eigenvalue weighted by molar-refractivity contribution is 7.89. The van der Waals surface area contributed by atoms with Gasteiger partial charge in [-0.05, 0) is 12.1 Å². The second-order valence-corrected chi connectivity index (χ2v) is 4.94. The number of sulfonamides is 1. The van der Waals surface area contributed by atoms with Crippen molar-refractivity contribution in [2.24, 2.45) is 5.14 Å². The summed E-state index contributed by atoms with van der Waals surface area (Å²) < 4.78 is 22.0. The van der Waals surface area contributed by atoms with E-state index in [2.05, 4.69) is 5.32 Å². The van der Waals surface area contributed by atoms with E-state index >= 15 is 0 Å². The lowest BCUT2D eigenvalue weighted by atomic mass is 10.3. The van der Waals surface area contributed by atoms with Gasteiger partial charge in [0.25, 0.3) is 0 Å². The average molecular weight is 269 g/mol. The van der Waals surface area contributed by atoms with Crippen LogP contribution < -0.4 is 10.5 Å². The van der Waals surface area contributed by atoms with Crippen LogP contribution in [-0.4, -0.2) is 14.8 Å². The Morgan fingerprint density at radius 2 is 1.73 bits per heavy atom. The van der Waals surface area contributed by atoms with Gasteiger partial charge in [-0.3, -0.25) is 4.79 Å². The van der Waals surface area contributed by atoms with Crippen LogP contribution in [0.4, 0.5) is 5.69 Å². The van der Waals surface area contributed by atoms with Crippen molar-refractivity contribution >= 4 is 45.3 Å². The van der Waals surface area contributed by atoms with Gasteiger partial charge in [-0.25, -0.2) is 13.6 Å². The molecule has 0 spiro atoms. The highest BCUT2D eigenvalue weighted by Gasteiger charge is 2.14. The van der Waals surface area contributed by atoms with Crippen LogP contribution in [0.5, 0.6) is 0 Å². The van der Waals surface area contributed by atoms with Crippen molar-refractivity contribution in [3.63, 3.8) is 0 Å². The minimum atomic E-state index is -3.86. The first kappa shape index (κ1) is 12.3. The van der Waals surface area contributed by atoms with Crippen molar-refractivity contribution in [2.45, 2.75) is 4.90 Å². The lowest BCUT2D eigenvalue weighted by Gasteiger charge is -2.07. The van der Waals surface area contributed by atoms with E-state index in [0.717, 1.165) is 12.1 Å². The second-order valence-electron chi connectivity index (χ2n) is 2.57. The third-order valence-corrected chi connectivity index (χ3v) is 3.04. The molecule has 1 aromatic rings. The Morgan fingerprint density at radius 3 is 2.07 bits per heavy atom. The number of amides is 1. The van der Waals surface area contributed by atoms with Crippen LogP contribution in [0.25, 0.3) is 0 Å². The Labute approximate surface area is 96.2 Å². The van der Waals surface area contributed by atoms with E-state index in [-0.39, 0.29) is 20.6 Å². The topological polar surface area (TPSA) is 89.3 Å². The van der Waals surface area contributed by atoms with E-state index in [1.54, 1.807) is 0 Å². The van der Waals surface area contributed by atoms with Crippen molar-refractivity contribution in [2.75, 3.05) is 5.32 Å². The summed E-state index contributed by atoms with van der Waals surface area (Å²) >= 11 is 11.4. The largest absolute Gasteiger partial charge is 0.326 e. The number of benzene rings is 1. The van der Waals surface area contributed by atoms with Gasteiger partial charge in [-0.15, -0.1) is 0 Å².